The minimum absolute atomic E-state index is 0.194. The maximum atomic E-state index is 9.07. The fourth-order valence-corrected chi connectivity index (χ4v) is 2.12. The third-order valence-corrected chi connectivity index (χ3v) is 3.24. The Morgan fingerprint density at radius 1 is 1.59 bits per heavy atom. The molecule has 1 aromatic heterocycles. The van der Waals surface area contributed by atoms with Crippen molar-refractivity contribution in [2.45, 2.75) is 38.5 Å². The van der Waals surface area contributed by atoms with E-state index in [1.807, 2.05) is 6.07 Å². The van der Waals surface area contributed by atoms with E-state index in [9.17, 15) is 0 Å². The molecule has 1 saturated carbocycles. The predicted octanol–water partition coefficient (Wildman–Crippen LogP) is 1.17. The number of aliphatic hydroxyl groups excluding tert-OH is 1. The highest BCUT2D eigenvalue weighted by Crippen LogP contribution is 2.25. The van der Waals surface area contributed by atoms with E-state index in [1.165, 1.54) is 19.3 Å². The third-order valence-electron chi connectivity index (χ3n) is 3.24. The number of nitrogens with zero attached hydrogens (tertiary/aromatic N) is 2. The predicted molar refractivity (Wildman–Crippen MR) is 62.4 cm³/mol. The van der Waals surface area contributed by atoms with Crippen molar-refractivity contribution in [1.82, 2.24) is 10.1 Å². The minimum Gasteiger partial charge on any atom is -0.395 e. The molecular weight excluding hydrogens is 220 g/mol. The molecule has 0 saturated heterocycles. The summed E-state index contributed by atoms with van der Waals surface area (Å²) in [4.78, 5) is 2.28. The van der Waals surface area contributed by atoms with Crippen LogP contribution in [0, 0.1) is 0 Å². The van der Waals surface area contributed by atoms with Crippen LogP contribution < -0.4 is 0 Å². The van der Waals surface area contributed by atoms with Crippen molar-refractivity contribution in [3.63, 3.8) is 0 Å². The molecule has 1 N–H and O–H groups in total. The van der Waals surface area contributed by atoms with Crippen molar-refractivity contribution >= 4 is 0 Å². The van der Waals surface area contributed by atoms with Crippen molar-refractivity contribution in [3.8, 4) is 0 Å². The van der Waals surface area contributed by atoms with Crippen molar-refractivity contribution in [3.05, 3.63) is 17.5 Å². The molecule has 0 radical (unpaired) electrons. The van der Waals surface area contributed by atoms with Gasteiger partial charge in [-0.25, -0.2) is 0 Å². The average molecular weight is 240 g/mol. The lowest BCUT2D eigenvalue weighted by Crippen LogP contribution is -2.41. The standard InChI is InChI=1S/C12H20N2O3/c1-16-9-12-7-10(13-17-12)8-14(5-6-15)11-3-2-4-11/h7,11,15H,2-6,8-9H2,1H3. The zero-order chi connectivity index (χ0) is 12.1. The lowest BCUT2D eigenvalue weighted by atomic mass is 9.91. The molecule has 0 atom stereocenters. The van der Waals surface area contributed by atoms with Gasteiger partial charge in [0, 0.05) is 32.3 Å². The van der Waals surface area contributed by atoms with Gasteiger partial charge in [0.25, 0.3) is 0 Å². The fraction of sp³-hybridized carbons (Fsp3) is 0.750. The molecule has 0 unspecified atom stereocenters. The van der Waals surface area contributed by atoms with Crippen LogP contribution >= 0.6 is 0 Å². The Bertz CT molecular complexity index is 336. The van der Waals surface area contributed by atoms with Crippen LogP contribution in [0.1, 0.15) is 30.7 Å². The maximum absolute atomic E-state index is 9.07. The van der Waals surface area contributed by atoms with Crippen LogP contribution in [0.5, 0.6) is 0 Å². The number of aromatic nitrogens is 1. The molecule has 96 valence electrons. The first-order chi connectivity index (χ1) is 8.33. The molecule has 0 aromatic carbocycles. The Balaban J connectivity index is 1.90. The van der Waals surface area contributed by atoms with E-state index in [2.05, 4.69) is 10.1 Å². The Morgan fingerprint density at radius 2 is 2.41 bits per heavy atom. The summed E-state index contributed by atoms with van der Waals surface area (Å²) in [7, 11) is 1.63. The van der Waals surface area contributed by atoms with Crippen LogP contribution in [0.2, 0.25) is 0 Å². The van der Waals surface area contributed by atoms with Gasteiger partial charge in [0.1, 0.15) is 6.61 Å². The van der Waals surface area contributed by atoms with Crippen molar-refractivity contribution in [2.75, 3.05) is 20.3 Å². The number of aliphatic hydroxyl groups is 1. The van der Waals surface area contributed by atoms with E-state index in [-0.39, 0.29) is 6.61 Å². The molecular formula is C12H20N2O3. The van der Waals surface area contributed by atoms with Gasteiger partial charge in [-0.05, 0) is 12.8 Å². The van der Waals surface area contributed by atoms with Gasteiger partial charge in [-0.1, -0.05) is 11.6 Å². The Hall–Kier alpha value is -0.910. The van der Waals surface area contributed by atoms with Gasteiger partial charge >= 0.3 is 0 Å². The highest BCUT2D eigenvalue weighted by molar-refractivity contribution is 5.05. The molecule has 0 aliphatic heterocycles. The lowest BCUT2D eigenvalue weighted by Gasteiger charge is -2.36. The van der Waals surface area contributed by atoms with E-state index < -0.39 is 0 Å². The quantitative estimate of drug-likeness (QED) is 0.775. The smallest absolute Gasteiger partial charge is 0.162 e. The SMILES string of the molecule is COCc1cc(CN(CCO)C2CCC2)no1. The van der Waals surface area contributed by atoms with Crippen LogP contribution in [0.25, 0.3) is 0 Å². The summed E-state index contributed by atoms with van der Waals surface area (Å²) in [6.45, 7) is 2.10. The van der Waals surface area contributed by atoms with E-state index in [1.54, 1.807) is 7.11 Å². The van der Waals surface area contributed by atoms with Crippen LogP contribution in [-0.4, -0.2) is 41.5 Å². The summed E-state index contributed by atoms with van der Waals surface area (Å²) in [6.07, 6.45) is 3.74. The topological polar surface area (TPSA) is 58.7 Å². The number of methoxy groups -OCH3 is 1. The normalized spacial score (nSPS) is 16.4. The second kappa shape index (κ2) is 6.14. The van der Waals surface area contributed by atoms with Crippen molar-refractivity contribution in [2.24, 2.45) is 0 Å². The molecule has 1 aromatic rings. The van der Waals surface area contributed by atoms with E-state index in [0.717, 1.165) is 18.0 Å². The van der Waals surface area contributed by atoms with E-state index in [0.29, 0.717) is 19.2 Å². The maximum Gasteiger partial charge on any atom is 0.162 e. The van der Waals surface area contributed by atoms with Gasteiger partial charge in [0.15, 0.2) is 5.76 Å². The third kappa shape index (κ3) is 3.28. The molecule has 2 rings (SSSR count). The summed E-state index contributed by atoms with van der Waals surface area (Å²) in [5, 5.41) is 13.1. The zero-order valence-corrected chi connectivity index (χ0v) is 10.3. The molecule has 0 spiro atoms. The van der Waals surface area contributed by atoms with Crippen molar-refractivity contribution in [1.29, 1.82) is 0 Å². The fourth-order valence-electron chi connectivity index (χ4n) is 2.12. The second-order valence-corrected chi connectivity index (χ2v) is 4.50. The molecule has 0 amide bonds. The summed E-state index contributed by atoms with van der Waals surface area (Å²) in [5.41, 5.74) is 0.914. The zero-order valence-electron chi connectivity index (χ0n) is 10.3. The van der Waals surface area contributed by atoms with E-state index >= 15 is 0 Å². The Morgan fingerprint density at radius 3 is 3.00 bits per heavy atom. The summed E-state index contributed by atoms with van der Waals surface area (Å²) in [6, 6.07) is 2.52. The first kappa shape index (κ1) is 12.5. The summed E-state index contributed by atoms with van der Waals surface area (Å²) >= 11 is 0. The van der Waals surface area contributed by atoms with Gasteiger partial charge in [0.05, 0.1) is 12.3 Å². The number of hydrogen-bond donors (Lipinski definition) is 1. The van der Waals surface area contributed by atoms with Gasteiger partial charge in [-0.2, -0.15) is 0 Å². The minimum atomic E-state index is 0.194. The molecule has 17 heavy (non-hydrogen) atoms. The Labute approximate surface area is 101 Å². The van der Waals surface area contributed by atoms with Gasteiger partial charge in [0.2, 0.25) is 0 Å². The lowest BCUT2D eigenvalue weighted by molar-refractivity contribution is 0.0921. The largest absolute Gasteiger partial charge is 0.395 e. The number of ether oxygens (including phenoxy) is 1. The summed E-state index contributed by atoms with van der Waals surface area (Å²) in [5.74, 6) is 0.750. The number of hydrogen-bond acceptors (Lipinski definition) is 5. The van der Waals surface area contributed by atoms with Crippen LogP contribution in [0.4, 0.5) is 0 Å². The Kier molecular flexibility index (Phi) is 4.53. The first-order valence-corrected chi connectivity index (χ1v) is 6.12. The monoisotopic (exact) mass is 240 g/mol. The number of rotatable bonds is 7. The molecule has 0 bridgehead atoms. The molecule has 5 heteroatoms. The van der Waals surface area contributed by atoms with Gasteiger partial charge in [-0.15, -0.1) is 0 Å². The van der Waals surface area contributed by atoms with Gasteiger partial charge in [-0.3, -0.25) is 4.90 Å². The molecule has 1 aliphatic carbocycles. The van der Waals surface area contributed by atoms with Crippen molar-refractivity contribution < 1.29 is 14.4 Å². The van der Waals surface area contributed by atoms with Gasteiger partial charge < -0.3 is 14.4 Å². The van der Waals surface area contributed by atoms with Crippen LogP contribution in [-0.2, 0) is 17.9 Å². The second-order valence-electron chi connectivity index (χ2n) is 4.50. The molecule has 1 fully saturated rings. The van der Waals surface area contributed by atoms with E-state index in [4.69, 9.17) is 14.4 Å². The molecule has 1 heterocycles. The first-order valence-electron chi connectivity index (χ1n) is 6.12. The average Bonchev–Trinajstić information content (AvgIpc) is 2.64. The molecule has 1 aliphatic rings. The highest BCUT2D eigenvalue weighted by Gasteiger charge is 2.25. The van der Waals surface area contributed by atoms with Crippen LogP contribution in [0.15, 0.2) is 10.6 Å². The van der Waals surface area contributed by atoms with Crippen LogP contribution in [0.3, 0.4) is 0 Å². The summed E-state index contributed by atoms with van der Waals surface area (Å²) < 4.78 is 10.1. The highest BCUT2D eigenvalue weighted by atomic mass is 16.5. The molecule has 5 nitrogen and oxygen atoms in total.